The zero-order valence-electron chi connectivity index (χ0n) is 15.5. The number of amides is 1. The number of hydrogen-bond donors (Lipinski definition) is 2. The second-order valence-corrected chi connectivity index (χ2v) is 7.37. The van der Waals surface area contributed by atoms with Crippen LogP contribution >= 0.6 is 0 Å². The first kappa shape index (κ1) is 18.3. The van der Waals surface area contributed by atoms with Crippen LogP contribution in [0.5, 0.6) is 11.5 Å². The number of carboxylic acid groups (broad SMARTS) is 1. The standard InChI is InChI=1S/C22H23NO5/c24-20(25)6-3-12-27-16-9-7-15(8-10-16)23-21(26)18-14-22(18)11-13-28-19-5-2-1-4-17(19)22/h1-2,4-5,7-10,18H,3,6,11-14H2,(H,23,26)(H,24,25)/t18-,22-/m0/s1. The Hall–Kier alpha value is -3.02. The fourth-order valence-electron chi connectivity index (χ4n) is 3.98. The summed E-state index contributed by atoms with van der Waals surface area (Å²) in [5.41, 5.74) is 1.78. The zero-order valence-corrected chi connectivity index (χ0v) is 15.5. The lowest BCUT2D eigenvalue weighted by Crippen LogP contribution is -2.26. The van der Waals surface area contributed by atoms with Crippen molar-refractivity contribution in [3.63, 3.8) is 0 Å². The number of benzene rings is 2. The van der Waals surface area contributed by atoms with Crippen LogP contribution in [0.3, 0.4) is 0 Å². The lowest BCUT2D eigenvalue weighted by atomic mass is 9.87. The van der Waals surface area contributed by atoms with Gasteiger partial charge in [-0.25, -0.2) is 0 Å². The molecule has 1 aliphatic heterocycles. The first-order valence-electron chi connectivity index (χ1n) is 9.56. The number of carbonyl (C=O) groups excluding carboxylic acids is 1. The highest BCUT2D eigenvalue weighted by Gasteiger charge is 2.60. The molecule has 1 spiro atoms. The number of carbonyl (C=O) groups is 2. The van der Waals surface area contributed by atoms with Crippen molar-refractivity contribution in [1.82, 2.24) is 0 Å². The van der Waals surface area contributed by atoms with Crippen molar-refractivity contribution < 1.29 is 24.2 Å². The number of rotatable bonds is 7. The highest BCUT2D eigenvalue weighted by molar-refractivity contribution is 5.96. The quantitative estimate of drug-likeness (QED) is 0.716. The van der Waals surface area contributed by atoms with Crippen molar-refractivity contribution in [3.8, 4) is 11.5 Å². The Labute approximate surface area is 163 Å². The maximum Gasteiger partial charge on any atom is 0.303 e. The normalized spacial score (nSPS) is 22.1. The maximum atomic E-state index is 12.8. The number of aliphatic carboxylic acids is 1. The molecule has 0 bridgehead atoms. The van der Waals surface area contributed by atoms with E-state index in [1.165, 1.54) is 0 Å². The summed E-state index contributed by atoms with van der Waals surface area (Å²) in [4.78, 5) is 23.3. The van der Waals surface area contributed by atoms with Gasteiger partial charge >= 0.3 is 5.97 Å². The van der Waals surface area contributed by atoms with Crippen LogP contribution in [0.4, 0.5) is 5.69 Å². The molecule has 0 saturated heterocycles. The molecular weight excluding hydrogens is 358 g/mol. The van der Waals surface area contributed by atoms with Gasteiger partial charge in [0.25, 0.3) is 0 Å². The van der Waals surface area contributed by atoms with Crippen molar-refractivity contribution in [2.75, 3.05) is 18.5 Å². The monoisotopic (exact) mass is 381 g/mol. The maximum absolute atomic E-state index is 12.8. The zero-order chi connectivity index (χ0) is 19.6. The first-order chi connectivity index (χ1) is 13.6. The molecule has 4 rings (SSSR count). The van der Waals surface area contributed by atoms with E-state index in [4.69, 9.17) is 14.6 Å². The number of hydrogen-bond acceptors (Lipinski definition) is 4. The Bertz CT molecular complexity index is 879. The van der Waals surface area contributed by atoms with Gasteiger partial charge in [-0.15, -0.1) is 0 Å². The minimum atomic E-state index is -0.827. The number of carboxylic acids is 1. The smallest absolute Gasteiger partial charge is 0.303 e. The van der Waals surface area contributed by atoms with E-state index in [1.54, 1.807) is 24.3 Å². The van der Waals surface area contributed by atoms with Gasteiger partial charge in [0, 0.05) is 29.0 Å². The van der Waals surface area contributed by atoms with Gasteiger partial charge in [-0.3, -0.25) is 9.59 Å². The second-order valence-electron chi connectivity index (χ2n) is 7.37. The molecule has 0 radical (unpaired) electrons. The predicted octanol–water partition coefficient (Wildman–Crippen LogP) is 3.61. The molecule has 0 unspecified atom stereocenters. The van der Waals surface area contributed by atoms with Crippen LogP contribution in [0, 0.1) is 5.92 Å². The van der Waals surface area contributed by atoms with Crippen molar-refractivity contribution >= 4 is 17.6 Å². The molecule has 1 amide bonds. The number of fused-ring (bicyclic) bond motifs is 2. The van der Waals surface area contributed by atoms with Gasteiger partial charge in [-0.05, 0) is 49.6 Å². The highest BCUT2D eigenvalue weighted by atomic mass is 16.5. The molecule has 146 valence electrons. The summed E-state index contributed by atoms with van der Waals surface area (Å²) in [7, 11) is 0. The summed E-state index contributed by atoms with van der Waals surface area (Å²) in [5.74, 6) is 0.723. The molecule has 0 aromatic heterocycles. The van der Waals surface area contributed by atoms with Gasteiger partial charge < -0.3 is 19.9 Å². The molecule has 2 aromatic rings. The van der Waals surface area contributed by atoms with Gasteiger partial charge in [0.15, 0.2) is 0 Å². The largest absolute Gasteiger partial charge is 0.494 e. The van der Waals surface area contributed by atoms with Gasteiger partial charge in [0.1, 0.15) is 11.5 Å². The summed E-state index contributed by atoms with van der Waals surface area (Å²) in [6.07, 6.45) is 2.27. The van der Waals surface area contributed by atoms with Gasteiger partial charge in [-0.1, -0.05) is 18.2 Å². The van der Waals surface area contributed by atoms with E-state index < -0.39 is 5.97 Å². The number of nitrogens with one attached hydrogen (secondary N) is 1. The summed E-state index contributed by atoms with van der Waals surface area (Å²) in [5, 5.41) is 11.6. The van der Waals surface area contributed by atoms with E-state index in [0.717, 1.165) is 29.8 Å². The summed E-state index contributed by atoms with van der Waals surface area (Å²) >= 11 is 0. The Morgan fingerprint density at radius 2 is 1.96 bits per heavy atom. The SMILES string of the molecule is O=C(O)CCCOc1ccc(NC(=O)[C@@H]2C[C@]23CCOc2ccccc23)cc1. The van der Waals surface area contributed by atoms with Crippen LogP contribution in [0.2, 0.25) is 0 Å². The summed E-state index contributed by atoms with van der Waals surface area (Å²) in [6, 6.07) is 15.2. The lowest BCUT2D eigenvalue weighted by Gasteiger charge is -2.26. The molecule has 1 heterocycles. The summed E-state index contributed by atoms with van der Waals surface area (Å²) in [6.45, 7) is 0.999. The van der Waals surface area contributed by atoms with Crippen LogP contribution in [0.15, 0.2) is 48.5 Å². The van der Waals surface area contributed by atoms with Crippen LogP contribution in [-0.4, -0.2) is 30.2 Å². The third kappa shape index (κ3) is 3.67. The topological polar surface area (TPSA) is 84.9 Å². The van der Waals surface area contributed by atoms with E-state index in [1.807, 2.05) is 18.2 Å². The van der Waals surface area contributed by atoms with E-state index >= 15 is 0 Å². The van der Waals surface area contributed by atoms with E-state index in [0.29, 0.717) is 25.4 Å². The number of para-hydroxylation sites is 1. The average molecular weight is 381 g/mol. The van der Waals surface area contributed by atoms with E-state index in [2.05, 4.69) is 11.4 Å². The van der Waals surface area contributed by atoms with Gasteiger partial charge in [0.2, 0.25) is 5.91 Å². The van der Waals surface area contributed by atoms with E-state index in [-0.39, 0.29) is 23.7 Å². The Balaban J connectivity index is 1.33. The minimum Gasteiger partial charge on any atom is -0.494 e. The molecule has 6 heteroatoms. The molecule has 1 saturated carbocycles. The third-order valence-electron chi connectivity index (χ3n) is 5.55. The fraction of sp³-hybridized carbons (Fsp3) is 0.364. The number of ether oxygens (including phenoxy) is 2. The molecule has 1 aliphatic carbocycles. The molecule has 28 heavy (non-hydrogen) atoms. The molecular formula is C22H23NO5. The van der Waals surface area contributed by atoms with E-state index in [9.17, 15) is 9.59 Å². The third-order valence-corrected chi connectivity index (χ3v) is 5.55. The summed E-state index contributed by atoms with van der Waals surface area (Å²) < 4.78 is 11.2. The molecule has 2 N–H and O–H groups in total. The van der Waals surface area contributed by atoms with Crippen LogP contribution < -0.4 is 14.8 Å². The van der Waals surface area contributed by atoms with Gasteiger partial charge in [-0.2, -0.15) is 0 Å². The highest BCUT2D eigenvalue weighted by Crippen LogP contribution is 2.60. The van der Waals surface area contributed by atoms with Crippen molar-refractivity contribution in [2.45, 2.75) is 31.1 Å². The predicted molar refractivity (Wildman–Crippen MR) is 104 cm³/mol. The molecule has 2 atom stereocenters. The molecule has 1 fully saturated rings. The second kappa shape index (κ2) is 7.54. The van der Waals surface area contributed by atoms with Crippen LogP contribution in [-0.2, 0) is 15.0 Å². The molecule has 2 aliphatic rings. The lowest BCUT2D eigenvalue weighted by molar-refractivity contribution is -0.137. The first-order valence-corrected chi connectivity index (χ1v) is 9.56. The van der Waals surface area contributed by atoms with Gasteiger partial charge in [0.05, 0.1) is 13.2 Å². The van der Waals surface area contributed by atoms with Crippen LogP contribution in [0.1, 0.15) is 31.2 Å². The molecule has 6 nitrogen and oxygen atoms in total. The van der Waals surface area contributed by atoms with Crippen molar-refractivity contribution in [3.05, 3.63) is 54.1 Å². The molecule has 2 aromatic carbocycles. The minimum absolute atomic E-state index is 0.0341. The Morgan fingerprint density at radius 1 is 1.18 bits per heavy atom. The van der Waals surface area contributed by atoms with Crippen LogP contribution in [0.25, 0.3) is 0 Å². The van der Waals surface area contributed by atoms with Crippen molar-refractivity contribution in [1.29, 1.82) is 0 Å². The fourth-order valence-corrected chi connectivity index (χ4v) is 3.98. The number of anilines is 1. The average Bonchev–Trinajstić information content (AvgIpc) is 3.41. The van der Waals surface area contributed by atoms with Crippen molar-refractivity contribution in [2.24, 2.45) is 5.92 Å². The Kier molecular flexibility index (Phi) is 4.94. The Morgan fingerprint density at radius 3 is 2.75 bits per heavy atom.